The summed E-state index contributed by atoms with van der Waals surface area (Å²) in [6.07, 6.45) is 0.883. The molecule has 0 aliphatic heterocycles. The monoisotopic (exact) mass is 176 g/mol. The molecule has 0 saturated carbocycles. The van der Waals surface area contributed by atoms with Gasteiger partial charge in [0.25, 0.3) is 0 Å². The normalized spacial score (nSPS) is 10.4. The molecule has 2 aromatic rings. The van der Waals surface area contributed by atoms with Crippen LogP contribution in [0, 0.1) is 6.92 Å². The van der Waals surface area contributed by atoms with E-state index in [1.807, 2.05) is 18.2 Å². The van der Waals surface area contributed by atoms with Crippen LogP contribution in [0.25, 0.3) is 10.1 Å². The van der Waals surface area contributed by atoms with Crippen molar-refractivity contribution in [1.29, 1.82) is 0 Å². The van der Waals surface area contributed by atoms with E-state index in [0.717, 1.165) is 11.8 Å². The lowest BCUT2D eigenvalue weighted by Crippen LogP contribution is -1.76. The molecule has 0 saturated heterocycles. The molecule has 0 bridgehead atoms. The summed E-state index contributed by atoms with van der Waals surface area (Å²) in [6, 6.07) is 5.79. The third-order valence-electron chi connectivity index (χ3n) is 1.93. The number of carbonyl (C=O) groups is 1. The molecule has 0 spiro atoms. The van der Waals surface area contributed by atoms with Crippen LogP contribution in [0.15, 0.2) is 23.6 Å². The van der Waals surface area contributed by atoms with Gasteiger partial charge in [0.1, 0.15) is 6.29 Å². The molecule has 0 aliphatic rings. The number of fused-ring (bicyclic) bond motifs is 1. The fourth-order valence-electron chi connectivity index (χ4n) is 1.25. The minimum atomic E-state index is 0.754. The Labute approximate surface area is 74.6 Å². The molecule has 0 N–H and O–H groups in total. The van der Waals surface area contributed by atoms with E-state index in [-0.39, 0.29) is 0 Å². The predicted octanol–water partition coefficient (Wildman–Crippen LogP) is 3.02. The molecule has 0 radical (unpaired) electrons. The number of aldehydes is 1. The lowest BCUT2D eigenvalue weighted by molar-refractivity contribution is 0.112. The molecule has 2 rings (SSSR count). The molecular weight excluding hydrogens is 168 g/mol. The van der Waals surface area contributed by atoms with Gasteiger partial charge in [-0.2, -0.15) is 0 Å². The van der Waals surface area contributed by atoms with Gasteiger partial charge >= 0.3 is 0 Å². The van der Waals surface area contributed by atoms with Gasteiger partial charge in [-0.25, -0.2) is 0 Å². The molecule has 1 nitrogen and oxygen atoms in total. The highest BCUT2D eigenvalue weighted by atomic mass is 32.1. The van der Waals surface area contributed by atoms with Gasteiger partial charge in [0.05, 0.1) is 0 Å². The van der Waals surface area contributed by atoms with Gasteiger partial charge in [0, 0.05) is 10.3 Å². The summed E-state index contributed by atoms with van der Waals surface area (Å²) in [4.78, 5) is 10.5. The molecule has 0 atom stereocenters. The quantitative estimate of drug-likeness (QED) is 0.610. The van der Waals surface area contributed by atoms with Crippen LogP contribution < -0.4 is 0 Å². The Bertz CT molecular complexity index is 428. The Hall–Kier alpha value is -1.15. The Morgan fingerprint density at radius 3 is 3.00 bits per heavy atom. The molecule has 1 aromatic heterocycles. The Kier molecular flexibility index (Phi) is 1.70. The number of benzene rings is 1. The first-order valence-electron chi connectivity index (χ1n) is 3.74. The van der Waals surface area contributed by atoms with E-state index in [9.17, 15) is 4.79 Å². The Morgan fingerprint density at radius 2 is 2.25 bits per heavy atom. The number of thiophene rings is 1. The van der Waals surface area contributed by atoms with Gasteiger partial charge in [0.15, 0.2) is 0 Å². The number of rotatable bonds is 1. The predicted molar refractivity (Wildman–Crippen MR) is 51.9 cm³/mol. The van der Waals surface area contributed by atoms with E-state index in [2.05, 4.69) is 12.3 Å². The highest BCUT2D eigenvalue weighted by molar-refractivity contribution is 7.17. The molecule has 0 aliphatic carbocycles. The first-order valence-corrected chi connectivity index (χ1v) is 4.62. The van der Waals surface area contributed by atoms with Crippen molar-refractivity contribution in [1.82, 2.24) is 0 Å². The topological polar surface area (TPSA) is 17.1 Å². The average Bonchev–Trinajstić information content (AvgIpc) is 2.47. The molecule has 1 aromatic carbocycles. The molecule has 0 fully saturated rings. The van der Waals surface area contributed by atoms with Gasteiger partial charge in [-0.15, -0.1) is 11.3 Å². The zero-order valence-electron chi connectivity index (χ0n) is 6.70. The van der Waals surface area contributed by atoms with Crippen molar-refractivity contribution in [2.24, 2.45) is 0 Å². The highest BCUT2D eigenvalue weighted by Crippen LogP contribution is 2.25. The number of hydrogen-bond acceptors (Lipinski definition) is 2. The smallest absolute Gasteiger partial charge is 0.150 e. The van der Waals surface area contributed by atoms with Crippen molar-refractivity contribution >= 4 is 27.7 Å². The minimum Gasteiger partial charge on any atom is -0.298 e. The van der Waals surface area contributed by atoms with Crippen molar-refractivity contribution < 1.29 is 4.79 Å². The van der Waals surface area contributed by atoms with Crippen molar-refractivity contribution in [2.45, 2.75) is 6.92 Å². The molecule has 0 unspecified atom stereocenters. The van der Waals surface area contributed by atoms with Crippen molar-refractivity contribution in [2.75, 3.05) is 0 Å². The van der Waals surface area contributed by atoms with Crippen LogP contribution in [0.5, 0.6) is 0 Å². The molecular formula is C10H8OS. The summed E-state index contributed by atoms with van der Waals surface area (Å²) in [5, 5.41) is 3.37. The van der Waals surface area contributed by atoms with Gasteiger partial charge in [-0.3, -0.25) is 4.79 Å². The number of aryl methyl sites for hydroxylation is 1. The number of carbonyl (C=O) groups excluding carboxylic acids is 1. The fourth-order valence-corrected chi connectivity index (χ4v) is 2.24. The second-order valence-corrected chi connectivity index (χ2v) is 3.70. The summed E-state index contributed by atoms with van der Waals surface area (Å²) >= 11 is 1.68. The van der Waals surface area contributed by atoms with E-state index < -0.39 is 0 Å². The van der Waals surface area contributed by atoms with Crippen molar-refractivity contribution in [3.05, 3.63) is 34.7 Å². The van der Waals surface area contributed by atoms with Gasteiger partial charge in [-0.1, -0.05) is 12.1 Å². The van der Waals surface area contributed by atoms with Crippen LogP contribution in [0.1, 0.15) is 15.9 Å². The molecule has 0 amide bonds. The lowest BCUT2D eigenvalue weighted by Gasteiger charge is -1.91. The van der Waals surface area contributed by atoms with Crippen LogP contribution in [0.2, 0.25) is 0 Å². The summed E-state index contributed by atoms with van der Waals surface area (Å²) < 4.78 is 1.19. The largest absolute Gasteiger partial charge is 0.298 e. The van der Waals surface area contributed by atoms with Crippen molar-refractivity contribution in [3.63, 3.8) is 0 Å². The van der Waals surface area contributed by atoms with Gasteiger partial charge in [0.2, 0.25) is 0 Å². The average molecular weight is 176 g/mol. The number of hydrogen-bond donors (Lipinski definition) is 0. The SMILES string of the molecule is Cc1csc2cc(C=O)ccc12. The zero-order chi connectivity index (χ0) is 8.55. The van der Waals surface area contributed by atoms with Crippen LogP contribution >= 0.6 is 11.3 Å². The summed E-state index contributed by atoms with van der Waals surface area (Å²) in [6.45, 7) is 2.08. The third kappa shape index (κ3) is 1.04. The Balaban J connectivity index is 2.77. The minimum absolute atomic E-state index is 0.754. The van der Waals surface area contributed by atoms with E-state index in [0.29, 0.717) is 0 Å². The van der Waals surface area contributed by atoms with E-state index >= 15 is 0 Å². The molecule has 12 heavy (non-hydrogen) atoms. The van der Waals surface area contributed by atoms with Crippen LogP contribution in [0.3, 0.4) is 0 Å². The molecule has 2 heteroatoms. The maximum Gasteiger partial charge on any atom is 0.150 e. The first-order chi connectivity index (χ1) is 5.81. The zero-order valence-corrected chi connectivity index (χ0v) is 7.52. The summed E-state index contributed by atoms with van der Waals surface area (Å²) in [5.41, 5.74) is 2.04. The lowest BCUT2D eigenvalue weighted by atomic mass is 10.1. The molecule has 1 heterocycles. The van der Waals surface area contributed by atoms with Gasteiger partial charge in [-0.05, 0) is 29.3 Å². The summed E-state index contributed by atoms with van der Waals surface area (Å²) in [5.74, 6) is 0. The Morgan fingerprint density at radius 1 is 1.42 bits per heavy atom. The standard InChI is InChI=1S/C10H8OS/c1-7-6-12-10-4-8(5-11)2-3-9(7)10/h2-6H,1H3. The maximum atomic E-state index is 10.5. The maximum absolute atomic E-state index is 10.5. The first kappa shape index (κ1) is 7.50. The van der Waals surface area contributed by atoms with E-state index in [1.165, 1.54) is 15.6 Å². The van der Waals surface area contributed by atoms with E-state index in [4.69, 9.17) is 0 Å². The molecule has 60 valence electrons. The second kappa shape index (κ2) is 2.72. The fraction of sp³-hybridized carbons (Fsp3) is 0.100. The summed E-state index contributed by atoms with van der Waals surface area (Å²) in [7, 11) is 0. The van der Waals surface area contributed by atoms with Gasteiger partial charge < -0.3 is 0 Å². The van der Waals surface area contributed by atoms with Crippen LogP contribution in [0.4, 0.5) is 0 Å². The van der Waals surface area contributed by atoms with E-state index in [1.54, 1.807) is 11.3 Å². The van der Waals surface area contributed by atoms with Crippen LogP contribution in [-0.4, -0.2) is 6.29 Å². The van der Waals surface area contributed by atoms with Crippen LogP contribution in [-0.2, 0) is 0 Å². The highest BCUT2D eigenvalue weighted by Gasteiger charge is 1.99. The van der Waals surface area contributed by atoms with Crippen molar-refractivity contribution in [3.8, 4) is 0 Å². The second-order valence-electron chi connectivity index (χ2n) is 2.79. The third-order valence-corrected chi connectivity index (χ3v) is 2.99.